The molecular formula is C57H48N6. The normalized spacial score (nSPS) is 14.6. The van der Waals surface area contributed by atoms with Gasteiger partial charge in [-0.1, -0.05) is 163 Å². The molecule has 0 saturated carbocycles. The first-order chi connectivity index (χ1) is 30.5. The van der Waals surface area contributed by atoms with Gasteiger partial charge in [0.05, 0.1) is 11.4 Å². The predicted octanol–water partition coefficient (Wildman–Crippen LogP) is 14.0. The lowest BCUT2D eigenvalue weighted by Gasteiger charge is -2.44. The Bertz CT molecular complexity index is 3050. The van der Waals surface area contributed by atoms with Crippen LogP contribution >= 0.6 is 0 Å². The molecule has 306 valence electrons. The van der Waals surface area contributed by atoms with Gasteiger partial charge in [-0.05, 0) is 115 Å². The molecule has 0 fully saturated rings. The van der Waals surface area contributed by atoms with Gasteiger partial charge in [0.25, 0.3) is 0 Å². The number of hydrogen-bond acceptors (Lipinski definition) is 6. The molecule has 0 unspecified atom stereocenters. The summed E-state index contributed by atoms with van der Waals surface area (Å²) >= 11 is 0. The maximum atomic E-state index is 5.03. The molecule has 1 aliphatic rings. The Kier molecular flexibility index (Phi) is 9.75. The van der Waals surface area contributed by atoms with Crippen molar-refractivity contribution < 1.29 is 0 Å². The van der Waals surface area contributed by atoms with Crippen LogP contribution in [0.2, 0.25) is 0 Å². The Morgan fingerprint density at radius 2 is 0.762 bits per heavy atom. The summed E-state index contributed by atoms with van der Waals surface area (Å²) in [5.41, 5.74) is 15.7. The van der Waals surface area contributed by atoms with Gasteiger partial charge in [0.15, 0.2) is 17.5 Å². The molecule has 6 nitrogen and oxygen atoms in total. The molecule has 1 aliphatic carbocycles. The topological polar surface area (TPSA) is 77.3 Å². The van der Waals surface area contributed by atoms with E-state index in [0.717, 1.165) is 61.3 Å². The highest BCUT2D eigenvalue weighted by molar-refractivity contribution is 5.82. The summed E-state index contributed by atoms with van der Waals surface area (Å²) in [6.07, 6.45) is 1.88. The molecule has 3 heterocycles. The second kappa shape index (κ2) is 15.5. The third kappa shape index (κ3) is 7.11. The van der Waals surface area contributed by atoms with E-state index in [4.69, 9.17) is 19.9 Å². The first kappa shape index (κ1) is 39.7. The van der Waals surface area contributed by atoms with Crippen molar-refractivity contribution in [1.29, 1.82) is 0 Å². The summed E-state index contributed by atoms with van der Waals surface area (Å²) in [7, 11) is 0. The van der Waals surface area contributed by atoms with Gasteiger partial charge >= 0.3 is 0 Å². The Morgan fingerprint density at radius 1 is 0.302 bits per heavy atom. The second-order valence-electron chi connectivity index (χ2n) is 18.2. The van der Waals surface area contributed by atoms with Crippen molar-refractivity contribution >= 4 is 0 Å². The average Bonchev–Trinajstić information content (AvgIpc) is 3.44. The fourth-order valence-electron chi connectivity index (χ4n) is 9.10. The van der Waals surface area contributed by atoms with Gasteiger partial charge in [-0.3, -0.25) is 4.98 Å². The number of rotatable bonds is 8. The monoisotopic (exact) mass is 816 g/mol. The van der Waals surface area contributed by atoms with Crippen molar-refractivity contribution in [3.05, 3.63) is 193 Å². The molecular weight excluding hydrogens is 769 g/mol. The first-order valence-electron chi connectivity index (χ1n) is 21.6. The van der Waals surface area contributed by atoms with E-state index in [1.54, 1.807) is 0 Å². The molecule has 3 aromatic heterocycles. The third-order valence-corrected chi connectivity index (χ3v) is 14.0. The quantitative estimate of drug-likeness (QED) is 0.152. The molecule has 0 atom stereocenters. The fourth-order valence-corrected chi connectivity index (χ4v) is 9.10. The molecule has 0 N–H and O–H groups in total. The van der Waals surface area contributed by atoms with Crippen LogP contribution in [0.15, 0.2) is 182 Å². The summed E-state index contributed by atoms with van der Waals surface area (Å²) in [6, 6.07) is 61.1. The lowest BCUT2D eigenvalue weighted by molar-refractivity contribution is 0.125. The lowest BCUT2D eigenvalue weighted by atomic mass is 9.59. The Morgan fingerprint density at radius 3 is 1.35 bits per heavy atom. The van der Waals surface area contributed by atoms with Gasteiger partial charge in [0.1, 0.15) is 5.69 Å². The lowest BCUT2D eigenvalue weighted by Crippen LogP contribution is -2.42. The van der Waals surface area contributed by atoms with Gasteiger partial charge in [0.2, 0.25) is 0 Å². The van der Waals surface area contributed by atoms with Crippen LogP contribution in [0.1, 0.15) is 52.7 Å². The standard InChI is InChI=1S/C57H48N6/c1-55(2)47-27-25-41(35-48(47)56(3,4)57(55,5)6)49-28-26-43(36-58-49)50-29-30-51(63-62-50)54-60-52(39-21-14-9-15-22-39)59-53(61-54)42-24-16-23-40(31-42)46-33-44(37-17-10-7-11-18-37)32-45(34-46)38-19-12-8-13-20-38/h7-36H,1-6H3. The molecule has 6 aromatic carbocycles. The van der Waals surface area contributed by atoms with Crippen molar-refractivity contribution in [3.63, 3.8) is 0 Å². The van der Waals surface area contributed by atoms with E-state index in [0.29, 0.717) is 28.9 Å². The zero-order chi connectivity index (χ0) is 43.3. The molecule has 0 amide bonds. The summed E-state index contributed by atoms with van der Waals surface area (Å²) in [5.74, 6) is 1.56. The van der Waals surface area contributed by atoms with E-state index in [2.05, 4.69) is 167 Å². The van der Waals surface area contributed by atoms with E-state index in [1.807, 2.05) is 66.9 Å². The van der Waals surface area contributed by atoms with Gasteiger partial charge in [-0.25, -0.2) is 15.0 Å². The van der Waals surface area contributed by atoms with E-state index < -0.39 is 0 Å². The van der Waals surface area contributed by atoms with Crippen LogP contribution in [0.5, 0.6) is 0 Å². The van der Waals surface area contributed by atoms with Gasteiger partial charge in [-0.2, -0.15) is 0 Å². The molecule has 6 heteroatoms. The second-order valence-corrected chi connectivity index (χ2v) is 18.2. The Hall–Kier alpha value is -7.44. The maximum absolute atomic E-state index is 5.03. The number of fused-ring (bicyclic) bond motifs is 1. The van der Waals surface area contributed by atoms with Crippen LogP contribution in [0.25, 0.3) is 90.2 Å². The molecule has 0 aliphatic heterocycles. The van der Waals surface area contributed by atoms with Gasteiger partial charge < -0.3 is 0 Å². The van der Waals surface area contributed by atoms with Crippen molar-refractivity contribution in [3.8, 4) is 90.2 Å². The Balaban J connectivity index is 0.978. The van der Waals surface area contributed by atoms with Gasteiger partial charge in [0, 0.05) is 28.5 Å². The first-order valence-corrected chi connectivity index (χ1v) is 21.6. The number of pyridine rings is 1. The van der Waals surface area contributed by atoms with Crippen molar-refractivity contribution in [2.75, 3.05) is 0 Å². The van der Waals surface area contributed by atoms with Crippen molar-refractivity contribution in [2.24, 2.45) is 5.41 Å². The predicted molar refractivity (Wildman–Crippen MR) is 257 cm³/mol. The summed E-state index contributed by atoms with van der Waals surface area (Å²) < 4.78 is 0. The minimum atomic E-state index is 0.0207. The highest BCUT2D eigenvalue weighted by Gasteiger charge is 2.56. The largest absolute Gasteiger partial charge is 0.256 e. The van der Waals surface area contributed by atoms with Crippen LogP contribution < -0.4 is 0 Å². The molecule has 0 spiro atoms. The SMILES string of the molecule is CC1(C)c2ccc(-c3ccc(-c4ccc(-c5nc(-c6ccccc6)nc(-c6cccc(-c7cc(-c8ccccc8)cc(-c8ccccc8)c7)c6)n5)nn4)cn3)cc2C(C)(C)C1(C)C. The van der Waals surface area contributed by atoms with Gasteiger partial charge in [-0.15, -0.1) is 10.2 Å². The summed E-state index contributed by atoms with van der Waals surface area (Å²) in [6.45, 7) is 14.3. The van der Waals surface area contributed by atoms with Crippen molar-refractivity contribution in [1.82, 2.24) is 30.1 Å². The molecule has 0 bridgehead atoms. The number of benzene rings is 6. The number of hydrogen-bond donors (Lipinski definition) is 0. The zero-order valence-corrected chi connectivity index (χ0v) is 36.5. The molecule has 63 heavy (non-hydrogen) atoms. The van der Waals surface area contributed by atoms with Crippen LogP contribution in [0.4, 0.5) is 0 Å². The molecule has 10 rings (SSSR count). The minimum Gasteiger partial charge on any atom is -0.256 e. The zero-order valence-electron chi connectivity index (χ0n) is 36.5. The highest BCUT2D eigenvalue weighted by Crippen LogP contribution is 2.61. The van der Waals surface area contributed by atoms with E-state index in [9.17, 15) is 0 Å². The summed E-state index contributed by atoms with van der Waals surface area (Å²) in [5, 5.41) is 9.33. The minimum absolute atomic E-state index is 0.0207. The van der Waals surface area contributed by atoms with E-state index >= 15 is 0 Å². The van der Waals surface area contributed by atoms with Crippen LogP contribution in [-0.4, -0.2) is 30.1 Å². The molecule has 9 aromatic rings. The number of aromatic nitrogens is 6. The molecule has 0 radical (unpaired) electrons. The number of nitrogens with zero attached hydrogens (tertiary/aromatic N) is 6. The third-order valence-electron chi connectivity index (χ3n) is 14.0. The maximum Gasteiger partial charge on any atom is 0.184 e. The fraction of sp³-hybridized carbons (Fsp3) is 0.158. The molecule has 0 saturated heterocycles. The highest BCUT2D eigenvalue weighted by atomic mass is 15.1. The Labute approximate surface area is 369 Å². The van der Waals surface area contributed by atoms with E-state index in [1.165, 1.54) is 11.1 Å². The van der Waals surface area contributed by atoms with Crippen LogP contribution in [0.3, 0.4) is 0 Å². The van der Waals surface area contributed by atoms with E-state index in [-0.39, 0.29) is 16.2 Å². The average molecular weight is 817 g/mol. The van der Waals surface area contributed by atoms with Crippen LogP contribution in [0, 0.1) is 5.41 Å². The van der Waals surface area contributed by atoms with Crippen molar-refractivity contribution in [2.45, 2.75) is 52.4 Å². The van der Waals surface area contributed by atoms with Crippen LogP contribution in [-0.2, 0) is 10.8 Å². The smallest absolute Gasteiger partial charge is 0.184 e. The summed E-state index contributed by atoms with van der Waals surface area (Å²) in [4.78, 5) is 19.9.